The third-order valence-electron chi connectivity index (χ3n) is 1.44. The first kappa shape index (κ1) is 5.48. The molecule has 1 fully saturated rings. The van der Waals surface area contributed by atoms with E-state index >= 15 is 0 Å². The van der Waals surface area contributed by atoms with E-state index in [4.69, 9.17) is 4.74 Å². The van der Waals surface area contributed by atoms with Crippen LogP contribution in [0, 0.1) is 0 Å². The summed E-state index contributed by atoms with van der Waals surface area (Å²) in [5.74, 6) is 0.802. The van der Waals surface area contributed by atoms with Gasteiger partial charge in [0.1, 0.15) is 0 Å². The van der Waals surface area contributed by atoms with Crippen LogP contribution >= 0.6 is 0 Å². The van der Waals surface area contributed by atoms with Gasteiger partial charge in [-0.1, -0.05) is 0 Å². The summed E-state index contributed by atoms with van der Waals surface area (Å²) in [5.41, 5.74) is 0. The Hall–Kier alpha value is -0.660. The van der Waals surface area contributed by atoms with Crippen molar-refractivity contribution in [1.82, 2.24) is 4.90 Å². The fourth-order valence-electron chi connectivity index (χ4n) is 0.695. The predicted octanol–water partition coefficient (Wildman–Crippen LogP) is 0.810. The molecule has 1 heterocycles. The average molecular weight is 113 g/mol. The highest BCUT2D eigenvalue weighted by molar-refractivity contribution is 4.87. The summed E-state index contributed by atoms with van der Waals surface area (Å²) >= 11 is 0. The number of rotatable bonds is 2. The normalized spacial score (nSPS) is 17.4. The summed E-state index contributed by atoms with van der Waals surface area (Å²) in [6.45, 7) is 5.93. The molecule has 0 saturated carbocycles. The summed E-state index contributed by atoms with van der Waals surface area (Å²) in [5, 5.41) is 0. The monoisotopic (exact) mass is 113 g/mol. The number of nitrogens with zero attached hydrogens (tertiary/aromatic N) is 1. The first-order valence-corrected chi connectivity index (χ1v) is 2.82. The number of hydrogen-bond donors (Lipinski definition) is 0. The molecule has 0 bridgehead atoms. The molecule has 46 valence electrons. The highest BCUT2D eigenvalue weighted by Gasteiger charge is 2.14. The third kappa shape index (κ3) is 0.782. The first-order valence-electron chi connectivity index (χ1n) is 2.82. The van der Waals surface area contributed by atoms with Crippen LogP contribution in [-0.2, 0) is 4.74 Å². The predicted molar refractivity (Wildman–Crippen MR) is 32.3 cm³/mol. The van der Waals surface area contributed by atoms with Gasteiger partial charge < -0.3 is 9.64 Å². The van der Waals surface area contributed by atoms with E-state index in [1.165, 1.54) is 6.42 Å². The fraction of sp³-hybridized carbons (Fsp3) is 0.667. The second-order valence-electron chi connectivity index (χ2n) is 1.94. The molecule has 0 spiro atoms. The molecule has 1 rings (SSSR count). The highest BCUT2D eigenvalue weighted by atomic mass is 16.5. The second kappa shape index (κ2) is 2.07. The number of hydrogen-bond acceptors (Lipinski definition) is 2. The molecule has 0 atom stereocenters. The third-order valence-corrected chi connectivity index (χ3v) is 1.44. The van der Waals surface area contributed by atoms with Gasteiger partial charge in [-0.25, -0.2) is 0 Å². The van der Waals surface area contributed by atoms with Crippen molar-refractivity contribution in [2.24, 2.45) is 0 Å². The van der Waals surface area contributed by atoms with Crippen LogP contribution in [0.25, 0.3) is 0 Å². The first-order chi connectivity index (χ1) is 3.84. The van der Waals surface area contributed by atoms with Gasteiger partial charge in [0.25, 0.3) is 0 Å². The van der Waals surface area contributed by atoms with Crippen LogP contribution < -0.4 is 0 Å². The minimum atomic E-state index is 0.802. The summed E-state index contributed by atoms with van der Waals surface area (Å²) < 4.78 is 4.89. The largest absolute Gasteiger partial charge is 0.483 e. The Morgan fingerprint density at radius 3 is 2.38 bits per heavy atom. The van der Waals surface area contributed by atoms with Gasteiger partial charge in [0.15, 0.2) is 5.88 Å². The maximum absolute atomic E-state index is 4.89. The SMILES string of the molecule is C=C(OC)N1CCC1. The van der Waals surface area contributed by atoms with E-state index in [1.807, 2.05) is 0 Å². The van der Waals surface area contributed by atoms with Crippen LogP contribution in [0.3, 0.4) is 0 Å². The summed E-state index contributed by atoms with van der Waals surface area (Å²) in [4.78, 5) is 2.11. The minimum Gasteiger partial charge on any atom is -0.483 e. The quantitative estimate of drug-likeness (QED) is 0.491. The molecular weight excluding hydrogens is 102 g/mol. The summed E-state index contributed by atoms with van der Waals surface area (Å²) in [6.07, 6.45) is 1.28. The molecule has 0 aromatic carbocycles. The topological polar surface area (TPSA) is 12.5 Å². The van der Waals surface area contributed by atoms with Crippen LogP contribution in [0.5, 0.6) is 0 Å². The zero-order valence-corrected chi connectivity index (χ0v) is 5.18. The number of likely N-dealkylation sites (tertiary alicyclic amines) is 1. The van der Waals surface area contributed by atoms with Gasteiger partial charge in [-0.05, 0) is 13.0 Å². The van der Waals surface area contributed by atoms with Crippen molar-refractivity contribution < 1.29 is 4.74 Å². The fourth-order valence-corrected chi connectivity index (χ4v) is 0.695. The molecule has 0 aliphatic carbocycles. The van der Waals surface area contributed by atoms with E-state index in [1.54, 1.807) is 7.11 Å². The van der Waals surface area contributed by atoms with Crippen molar-refractivity contribution in [3.05, 3.63) is 12.5 Å². The van der Waals surface area contributed by atoms with Gasteiger partial charge in [-0.3, -0.25) is 0 Å². The second-order valence-corrected chi connectivity index (χ2v) is 1.94. The van der Waals surface area contributed by atoms with Gasteiger partial charge >= 0.3 is 0 Å². The Morgan fingerprint density at radius 2 is 2.25 bits per heavy atom. The van der Waals surface area contributed by atoms with Gasteiger partial charge in [-0.15, -0.1) is 0 Å². The van der Waals surface area contributed by atoms with Crippen LogP contribution in [0.2, 0.25) is 0 Å². The maximum atomic E-state index is 4.89. The van der Waals surface area contributed by atoms with E-state index < -0.39 is 0 Å². The lowest BCUT2D eigenvalue weighted by atomic mass is 10.2. The average Bonchev–Trinajstić information content (AvgIpc) is 1.62. The molecule has 2 nitrogen and oxygen atoms in total. The van der Waals surface area contributed by atoms with Crippen molar-refractivity contribution in [1.29, 1.82) is 0 Å². The number of methoxy groups -OCH3 is 1. The lowest BCUT2D eigenvalue weighted by Gasteiger charge is -2.32. The molecule has 0 N–H and O–H groups in total. The van der Waals surface area contributed by atoms with Gasteiger partial charge in [0.2, 0.25) is 0 Å². The van der Waals surface area contributed by atoms with Gasteiger partial charge in [0.05, 0.1) is 7.11 Å². The molecule has 0 aromatic rings. The zero-order chi connectivity index (χ0) is 5.98. The molecule has 2 heteroatoms. The Kier molecular flexibility index (Phi) is 1.42. The van der Waals surface area contributed by atoms with E-state index in [0.717, 1.165) is 19.0 Å². The molecule has 0 aromatic heterocycles. The molecule has 0 unspecified atom stereocenters. The molecule has 0 radical (unpaired) electrons. The summed E-state index contributed by atoms with van der Waals surface area (Å²) in [7, 11) is 1.65. The zero-order valence-electron chi connectivity index (χ0n) is 5.18. The van der Waals surface area contributed by atoms with Crippen LogP contribution in [-0.4, -0.2) is 25.1 Å². The van der Waals surface area contributed by atoms with Crippen molar-refractivity contribution in [2.45, 2.75) is 6.42 Å². The Labute approximate surface area is 49.7 Å². The molecular formula is C6H11NO. The van der Waals surface area contributed by atoms with Crippen molar-refractivity contribution in [2.75, 3.05) is 20.2 Å². The standard InChI is InChI=1S/C6H11NO/c1-6(8-2)7-4-3-5-7/h1,3-5H2,2H3. The van der Waals surface area contributed by atoms with E-state index in [9.17, 15) is 0 Å². The Balaban J connectivity index is 2.24. The number of ether oxygens (including phenoxy) is 1. The lowest BCUT2D eigenvalue weighted by molar-refractivity contribution is 0.108. The Bertz CT molecular complexity index is 96.7. The Morgan fingerprint density at radius 1 is 1.62 bits per heavy atom. The van der Waals surface area contributed by atoms with Crippen molar-refractivity contribution >= 4 is 0 Å². The lowest BCUT2D eigenvalue weighted by Crippen LogP contribution is -2.36. The van der Waals surface area contributed by atoms with Crippen molar-refractivity contribution in [3.63, 3.8) is 0 Å². The van der Waals surface area contributed by atoms with Crippen molar-refractivity contribution in [3.8, 4) is 0 Å². The van der Waals surface area contributed by atoms with E-state index in [-0.39, 0.29) is 0 Å². The van der Waals surface area contributed by atoms with Gasteiger partial charge in [0, 0.05) is 13.1 Å². The molecule has 8 heavy (non-hydrogen) atoms. The molecule has 1 aliphatic rings. The van der Waals surface area contributed by atoms with Crippen LogP contribution in [0.4, 0.5) is 0 Å². The molecule has 1 aliphatic heterocycles. The van der Waals surface area contributed by atoms with Crippen LogP contribution in [0.1, 0.15) is 6.42 Å². The maximum Gasteiger partial charge on any atom is 0.181 e. The van der Waals surface area contributed by atoms with E-state index in [2.05, 4.69) is 11.5 Å². The summed E-state index contributed by atoms with van der Waals surface area (Å²) in [6, 6.07) is 0. The van der Waals surface area contributed by atoms with Crippen LogP contribution in [0.15, 0.2) is 12.5 Å². The smallest absolute Gasteiger partial charge is 0.181 e. The van der Waals surface area contributed by atoms with Gasteiger partial charge in [-0.2, -0.15) is 0 Å². The molecule has 1 saturated heterocycles. The highest BCUT2D eigenvalue weighted by Crippen LogP contribution is 2.11. The molecule has 0 amide bonds. The minimum absolute atomic E-state index is 0.802. The van der Waals surface area contributed by atoms with E-state index in [0.29, 0.717) is 0 Å².